The molecular formula is C23H20ClN3O2. The topological polar surface area (TPSA) is 56.1 Å². The van der Waals surface area contributed by atoms with Gasteiger partial charge in [0.15, 0.2) is 11.6 Å². The highest BCUT2D eigenvalue weighted by molar-refractivity contribution is 6.30. The van der Waals surface area contributed by atoms with Crippen LogP contribution in [-0.4, -0.2) is 22.7 Å². The zero-order chi connectivity index (χ0) is 20.4. The van der Waals surface area contributed by atoms with Crippen LogP contribution < -0.4 is 10.1 Å². The molecule has 1 aromatic heterocycles. The Morgan fingerprint density at radius 3 is 2.59 bits per heavy atom. The van der Waals surface area contributed by atoms with Gasteiger partial charge in [-0.1, -0.05) is 48.0 Å². The molecule has 0 saturated carbocycles. The Morgan fingerprint density at radius 1 is 1.07 bits per heavy atom. The minimum Gasteiger partial charge on any atom is -0.497 e. The molecule has 4 aromatic rings. The van der Waals surface area contributed by atoms with Crippen molar-refractivity contribution in [3.8, 4) is 5.75 Å². The molecule has 1 N–H and O–H groups in total. The van der Waals surface area contributed by atoms with Crippen LogP contribution in [0.15, 0.2) is 72.8 Å². The van der Waals surface area contributed by atoms with Gasteiger partial charge in [-0.2, -0.15) is 5.10 Å². The van der Waals surface area contributed by atoms with Gasteiger partial charge in [-0.05, 0) is 43.3 Å². The second-order valence-corrected chi connectivity index (χ2v) is 7.15. The summed E-state index contributed by atoms with van der Waals surface area (Å²) in [5, 5.41) is 9.52. The van der Waals surface area contributed by atoms with Crippen LogP contribution in [-0.2, 0) is 0 Å². The minimum absolute atomic E-state index is 0.000114. The molecule has 0 fully saturated rings. The molecule has 146 valence electrons. The number of nitrogens with one attached hydrogen (secondary N) is 1. The second-order valence-electron chi connectivity index (χ2n) is 6.72. The summed E-state index contributed by atoms with van der Waals surface area (Å²) in [5.74, 6) is 1.35. The van der Waals surface area contributed by atoms with E-state index in [-0.39, 0.29) is 5.78 Å². The van der Waals surface area contributed by atoms with Gasteiger partial charge in [-0.15, -0.1) is 0 Å². The number of ketones is 1. The fourth-order valence-corrected chi connectivity index (χ4v) is 3.48. The summed E-state index contributed by atoms with van der Waals surface area (Å²) in [6, 6.07) is 21.9. The second kappa shape index (κ2) is 7.97. The molecular weight excluding hydrogens is 386 g/mol. The highest BCUT2D eigenvalue weighted by atomic mass is 35.5. The summed E-state index contributed by atoms with van der Waals surface area (Å²) in [6.07, 6.45) is 0. The first-order chi connectivity index (χ1) is 14.1. The van der Waals surface area contributed by atoms with E-state index < -0.39 is 6.04 Å². The molecule has 0 bridgehead atoms. The number of hydrogen-bond donors (Lipinski definition) is 1. The van der Waals surface area contributed by atoms with E-state index in [2.05, 4.69) is 5.32 Å². The number of methoxy groups -OCH3 is 1. The fourth-order valence-electron chi connectivity index (χ4n) is 3.29. The number of ether oxygens (including phenoxy) is 1. The van der Waals surface area contributed by atoms with Gasteiger partial charge in [-0.3, -0.25) is 9.48 Å². The summed E-state index contributed by atoms with van der Waals surface area (Å²) in [7, 11) is 1.62. The van der Waals surface area contributed by atoms with Gasteiger partial charge in [-0.25, -0.2) is 0 Å². The molecule has 3 aromatic carbocycles. The van der Waals surface area contributed by atoms with E-state index in [1.54, 1.807) is 11.8 Å². The molecule has 0 amide bonds. The van der Waals surface area contributed by atoms with E-state index in [0.717, 1.165) is 16.6 Å². The quantitative estimate of drug-likeness (QED) is 0.406. The molecule has 5 nitrogen and oxygen atoms in total. The van der Waals surface area contributed by atoms with Crippen LogP contribution in [0.3, 0.4) is 0 Å². The third-order valence-corrected chi connectivity index (χ3v) is 5.04. The van der Waals surface area contributed by atoms with Crippen LogP contribution in [0.4, 0.5) is 11.5 Å². The Hall–Kier alpha value is -3.31. The standard InChI is InChI=1S/C23H20ClN3O2/c1-15(22(28)16-7-4-3-5-8-16)27-21-12-11-19(29-2)14-20(21)23(26-27)25-18-10-6-9-17(24)13-18/h3-15H,1-2H3,(H,25,26). The molecule has 6 heteroatoms. The number of carbonyl (C=O) groups excluding carboxylic acids is 1. The van der Waals surface area contributed by atoms with Gasteiger partial charge in [0.25, 0.3) is 0 Å². The number of nitrogens with zero attached hydrogens (tertiary/aromatic N) is 2. The van der Waals surface area contributed by atoms with E-state index in [9.17, 15) is 4.79 Å². The Labute approximate surface area is 173 Å². The number of fused-ring (bicyclic) bond motifs is 1. The SMILES string of the molecule is COc1ccc2c(c1)c(Nc1cccc(Cl)c1)nn2C(C)C(=O)c1ccccc1. The zero-order valence-electron chi connectivity index (χ0n) is 16.1. The number of Topliss-reactive ketones (excluding diaryl/α,β-unsaturated/α-hetero) is 1. The number of rotatable bonds is 6. The van der Waals surface area contributed by atoms with E-state index in [4.69, 9.17) is 21.4 Å². The zero-order valence-corrected chi connectivity index (χ0v) is 16.9. The van der Waals surface area contributed by atoms with Crippen molar-refractivity contribution in [1.82, 2.24) is 9.78 Å². The molecule has 0 saturated heterocycles. The van der Waals surface area contributed by atoms with Crippen LogP contribution in [0.1, 0.15) is 23.3 Å². The summed E-state index contributed by atoms with van der Waals surface area (Å²) in [5.41, 5.74) is 2.31. The largest absolute Gasteiger partial charge is 0.497 e. The molecule has 1 heterocycles. The summed E-state index contributed by atoms with van der Waals surface area (Å²) < 4.78 is 7.13. The molecule has 1 unspecified atom stereocenters. The number of carbonyl (C=O) groups is 1. The third kappa shape index (κ3) is 3.82. The highest BCUT2D eigenvalue weighted by Crippen LogP contribution is 2.32. The van der Waals surface area contributed by atoms with E-state index in [1.165, 1.54) is 0 Å². The maximum absolute atomic E-state index is 13.0. The Morgan fingerprint density at radius 2 is 1.86 bits per heavy atom. The van der Waals surface area contributed by atoms with Gasteiger partial charge in [0.1, 0.15) is 11.8 Å². The monoisotopic (exact) mass is 405 g/mol. The van der Waals surface area contributed by atoms with E-state index in [1.807, 2.05) is 79.7 Å². The van der Waals surface area contributed by atoms with E-state index >= 15 is 0 Å². The van der Waals surface area contributed by atoms with Gasteiger partial charge < -0.3 is 10.1 Å². The van der Waals surface area contributed by atoms with Crippen molar-refractivity contribution < 1.29 is 9.53 Å². The van der Waals surface area contributed by atoms with Crippen molar-refractivity contribution in [2.75, 3.05) is 12.4 Å². The van der Waals surface area contributed by atoms with Gasteiger partial charge in [0.2, 0.25) is 0 Å². The third-order valence-electron chi connectivity index (χ3n) is 4.81. The van der Waals surface area contributed by atoms with Crippen LogP contribution in [0.5, 0.6) is 5.75 Å². The van der Waals surface area contributed by atoms with Gasteiger partial charge in [0.05, 0.1) is 12.6 Å². The Bertz CT molecular complexity index is 1170. The molecule has 0 spiro atoms. The summed E-state index contributed by atoms with van der Waals surface area (Å²) >= 11 is 6.11. The maximum Gasteiger partial charge on any atom is 0.187 e. The molecule has 4 rings (SSSR count). The maximum atomic E-state index is 13.0. The lowest BCUT2D eigenvalue weighted by Crippen LogP contribution is -2.18. The Kier molecular flexibility index (Phi) is 5.23. The van der Waals surface area contributed by atoms with Crippen molar-refractivity contribution >= 4 is 39.8 Å². The Balaban J connectivity index is 1.79. The number of anilines is 2. The van der Waals surface area contributed by atoms with Crippen molar-refractivity contribution in [1.29, 1.82) is 0 Å². The lowest BCUT2D eigenvalue weighted by Gasteiger charge is -2.12. The summed E-state index contributed by atoms with van der Waals surface area (Å²) in [4.78, 5) is 13.0. The number of aromatic nitrogens is 2. The van der Waals surface area contributed by atoms with Crippen LogP contribution in [0, 0.1) is 0 Å². The molecule has 0 radical (unpaired) electrons. The van der Waals surface area contributed by atoms with Gasteiger partial charge in [0, 0.05) is 21.7 Å². The number of hydrogen-bond acceptors (Lipinski definition) is 4. The smallest absolute Gasteiger partial charge is 0.187 e. The van der Waals surface area contributed by atoms with Crippen LogP contribution >= 0.6 is 11.6 Å². The fraction of sp³-hybridized carbons (Fsp3) is 0.130. The number of benzene rings is 3. The molecule has 0 aliphatic rings. The lowest BCUT2D eigenvalue weighted by molar-refractivity contribution is 0.0931. The first kappa shape index (κ1) is 19.0. The van der Waals surface area contributed by atoms with E-state index in [0.29, 0.717) is 22.2 Å². The molecule has 0 aliphatic carbocycles. The van der Waals surface area contributed by atoms with Crippen LogP contribution in [0.25, 0.3) is 10.9 Å². The molecule has 29 heavy (non-hydrogen) atoms. The first-order valence-electron chi connectivity index (χ1n) is 9.25. The van der Waals surface area contributed by atoms with Gasteiger partial charge >= 0.3 is 0 Å². The number of halogens is 1. The average Bonchev–Trinajstić information content (AvgIpc) is 3.10. The van der Waals surface area contributed by atoms with Crippen molar-refractivity contribution in [2.24, 2.45) is 0 Å². The molecule has 1 atom stereocenters. The minimum atomic E-state index is -0.469. The predicted octanol–water partition coefficient (Wildman–Crippen LogP) is 5.89. The first-order valence-corrected chi connectivity index (χ1v) is 9.62. The summed E-state index contributed by atoms with van der Waals surface area (Å²) in [6.45, 7) is 1.86. The van der Waals surface area contributed by atoms with Crippen molar-refractivity contribution in [2.45, 2.75) is 13.0 Å². The highest BCUT2D eigenvalue weighted by Gasteiger charge is 2.22. The van der Waals surface area contributed by atoms with Crippen LogP contribution in [0.2, 0.25) is 5.02 Å². The van der Waals surface area contributed by atoms with Crippen molar-refractivity contribution in [3.63, 3.8) is 0 Å². The molecule has 0 aliphatic heterocycles. The lowest BCUT2D eigenvalue weighted by atomic mass is 10.1. The predicted molar refractivity (Wildman–Crippen MR) is 117 cm³/mol. The van der Waals surface area contributed by atoms with Crippen molar-refractivity contribution in [3.05, 3.63) is 83.4 Å². The normalized spacial score (nSPS) is 12.0. The average molecular weight is 406 g/mol.